The predicted molar refractivity (Wildman–Crippen MR) is 123 cm³/mol. The second-order valence-electron chi connectivity index (χ2n) is 8.81. The van der Waals surface area contributed by atoms with E-state index in [4.69, 9.17) is 9.26 Å². The van der Waals surface area contributed by atoms with Crippen LogP contribution in [0.1, 0.15) is 56.1 Å². The molecular weight excluding hydrogens is 440 g/mol. The Morgan fingerprint density at radius 3 is 2.50 bits per heavy atom. The Labute approximate surface area is 196 Å². The number of carbonyl (C=O) groups is 2. The van der Waals surface area contributed by atoms with Gasteiger partial charge in [0, 0.05) is 23.5 Å². The first kappa shape index (κ1) is 24.6. The number of nitrogens with zero attached hydrogens (tertiary/aromatic N) is 3. The van der Waals surface area contributed by atoms with Crippen molar-refractivity contribution in [1.29, 1.82) is 0 Å². The number of ether oxygens (including phenoxy) is 1. The fourth-order valence-corrected chi connectivity index (χ4v) is 3.06. The van der Waals surface area contributed by atoms with Gasteiger partial charge in [0.1, 0.15) is 5.69 Å². The molecule has 0 saturated carbocycles. The number of nitro benzene ring substituents is 1. The van der Waals surface area contributed by atoms with Crippen LogP contribution in [0, 0.1) is 17.0 Å². The van der Waals surface area contributed by atoms with Crippen LogP contribution in [0.3, 0.4) is 0 Å². The summed E-state index contributed by atoms with van der Waals surface area (Å²) in [4.78, 5) is 40.7. The summed E-state index contributed by atoms with van der Waals surface area (Å²) in [5.41, 5.74) is 0.565. The van der Waals surface area contributed by atoms with Gasteiger partial charge in [-0.05, 0) is 18.6 Å². The number of hydrogen-bond acceptors (Lipinski definition) is 8. The van der Waals surface area contributed by atoms with Gasteiger partial charge in [-0.1, -0.05) is 62.3 Å². The van der Waals surface area contributed by atoms with Crippen LogP contribution < -0.4 is 5.32 Å². The molecule has 0 radical (unpaired) electrons. The highest BCUT2D eigenvalue weighted by Gasteiger charge is 2.28. The summed E-state index contributed by atoms with van der Waals surface area (Å²) in [6.07, 6.45) is -1.25. The van der Waals surface area contributed by atoms with Crippen molar-refractivity contribution in [2.75, 3.05) is 5.32 Å². The van der Waals surface area contributed by atoms with E-state index in [1.165, 1.54) is 12.1 Å². The topological polar surface area (TPSA) is 137 Å². The molecule has 0 aliphatic carbocycles. The van der Waals surface area contributed by atoms with Crippen molar-refractivity contribution >= 4 is 23.3 Å². The summed E-state index contributed by atoms with van der Waals surface area (Å²) in [5.74, 6) is -0.549. The van der Waals surface area contributed by atoms with Crippen molar-refractivity contribution in [3.8, 4) is 0 Å². The lowest BCUT2D eigenvalue weighted by molar-refractivity contribution is -0.384. The Balaban J connectivity index is 1.74. The molecule has 1 N–H and O–H groups in total. The second kappa shape index (κ2) is 10.2. The van der Waals surface area contributed by atoms with Gasteiger partial charge in [-0.2, -0.15) is 4.98 Å². The largest absolute Gasteiger partial charge is 0.447 e. The summed E-state index contributed by atoms with van der Waals surface area (Å²) < 4.78 is 10.7. The molecule has 0 aliphatic rings. The smallest absolute Gasteiger partial charge is 0.307 e. The number of nitro groups is 1. The molecule has 1 heterocycles. The Kier molecular flexibility index (Phi) is 7.40. The normalized spacial score (nSPS) is 12.1. The van der Waals surface area contributed by atoms with Crippen LogP contribution in [-0.4, -0.2) is 26.9 Å². The lowest BCUT2D eigenvalue weighted by Crippen LogP contribution is -2.26. The quantitative estimate of drug-likeness (QED) is 0.292. The van der Waals surface area contributed by atoms with Gasteiger partial charge in [0.15, 0.2) is 5.82 Å². The van der Waals surface area contributed by atoms with E-state index < -0.39 is 22.9 Å². The Bertz CT molecular complexity index is 1180. The van der Waals surface area contributed by atoms with Gasteiger partial charge in [-0.25, -0.2) is 0 Å². The maximum atomic E-state index is 13.0. The Morgan fingerprint density at radius 1 is 1.18 bits per heavy atom. The summed E-state index contributed by atoms with van der Waals surface area (Å²) in [5, 5.41) is 17.8. The SMILES string of the molecule is Cc1ccc(NC(=O)[C@H](OC(=O)CCc2nc(C(C)(C)C)no2)c2ccccc2)c([N+](=O)[O-])c1. The number of hydrogen-bond donors (Lipinski definition) is 1. The molecule has 0 fully saturated rings. The van der Waals surface area contributed by atoms with Crippen LogP contribution in [-0.2, 0) is 26.2 Å². The molecule has 0 bridgehead atoms. The van der Waals surface area contributed by atoms with Crippen LogP contribution in [0.2, 0.25) is 0 Å². The lowest BCUT2D eigenvalue weighted by atomic mass is 9.96. The molecule has 1 amide bonds. The van der Waals surface area contributed by atoms with Gasteiger partial charge in [0.05, 0.1) is 11.3 Å². The molecule has 1 atom stereocenters. The molecule has 1 aromatic heterocycles. The fraction of sp³-hybridized carbons (Fsp3) is 0.333. The molecule has 10 nitrogen and oxygen atoms in total. The van der Waals surface area contributed by atoms with Gasteiger partial charge in [0.25, 0.3) is 11.6 Å². The standard InChI is InChI=1S/C24H26N4O6/c1-15-10-11-17(18(14-15)28(31)32)25-22(30)21(16-8-6-5-7-9-16)33-20(29)13-12-19-26-23(27-34-19)24(2,3)4/h5-11,14,21H,12-13H2,1-4H3,(H,25,30)/t21-/m1/s1. The minimum Gasteiger partial charge on any atom is -0.447 e. The van der Waals surface area contributed by atoms with E-state index in [9.17, 15) is 19.7 Å². The van der Waals surface area contributed by atoms with E-state index in [1.54, 1.807) is 43.3 Å². The average Bonchev–Trinajstić information content (AvgIpc) is 3.27. The van der Waals surface area contributed by atoms with Gasteiger partial charge >= 0.3 is 5.97 Å². The fourth-order valence-electron chi connectivity index (χ4n) is 3.06. The van der Waals surface area contributed by atoms with Crippen molar-refractivity contribution in [3.05, 3.63) is 81.5 Å². The number of carbonyl (C=O) groups excluding carboxylic acids is 2. The zero-order valence-electron chi connectivity index (χ0n) is 19.4. The predicted octanol–water partition coefficient (Wildman–Crippen LogP) is 4.44. The molecule has 10 heteroatoms. The molecule has 0 unspecified atom stereocenters. The zero-order valence-corrected chi connectivity index (χ0v) is 19.4. The molecule has 0 aliphatic heterocycles. The summed E-state index contributed by atoms with van der Waals surface area (Å²) >= 11 is 0. The van der Waals surface area contributed by atoms with Crippen LogP contribution in [0.15, 0.2) is 53.1 Å². The zero-order chi connectivity index (χ0) is 24.9. The third-order valence-electron chi connectivity index (χ3n) is 4.88. The Hall–Kier alpha value is -4.08. The highest BCUT2D eigenvalue weighted by molar-refractivity contribution is 5.97. The van der Waals surface area contributed by atoms with Crippen LogP contribution in [0.25, 0.3) is 0 Å². The van der Waals surface area contributed by atoms with Crippen molar-refractivity contribution in [2.45, 2.75) is 52.1 Å². The van der Waals surface area contributed by atoms with E-state index >= 15 is 0 Å². The number of anilines is 1. The number of esters is 1. The van der Waals surface area contributed by atoms with Gasteiger partial charge in [0.2, 0.25) is 12.0 Å². The number of rotatable bonds is 8. The third-order valence-corrected chi connectivity index (χ3v) is 4.88. The van der Waals surface area contributed by atoms with Crippen molar-refractivity contribution in [2.24, 2.45) is 0 Å². The molecule has 3 aromatic rings. The van der Waals surface area contributed by atoms with Crippen molar-refractivity contribution in [3.63, 3.8) is 0 Å². The van der Waals surface area contributed by atoms with E-state index in [2.05, 4.69) is 15.5 Å². The minimum absolute atomic E-state index is 0.0122. The van der Waals surface area contributed by atoms with E-state index in [0.29, 0.717) is 17.0 Å². The molecule has 0 saturated heterocycles. The third kappa shape index (κ3) is 6.25. The van der Waals surface area contributed by atoms with E-state index in [1.807, 2.05) is 20.8 Å². The van der Waals surface area contributed by atoms with Gasteiger partial charge in [-0.3, -0.25) is 19.7 Å². The van der Waals surface area contributed by atoms with Crippen LogP contribution in [0.4, 0.5) is 11.4 Å². The number of benzene rings is 2. The van der Waals surface area contributed by atoms with Gasteiger partial charge in [-0.15, -0.1) is 0 Å². The Morgan fingerprint density at radius 2 is 1.88 bits per heavy atom. The van der Waals surface area contributed by atoms with Crippen LogP contribution >= 0.6 is 0 Å². The molecule has 0 spiro atoms. The maximum Gasteiger partial charge on any atom is 0.307 e. The maximum absolute atomic E-state index is 13.0. The lowest BCUT2D eigenvalue weighted by Gasteiger charge is -2.18. The van der Waals surface area contributed by atoms with Crippen molar-refractivity contribution < 1.29 is 23.8 Å². The molecule has 178 valence electrons. The second-order valence-corrected chi connectivity index (χ2v) is 8.81. The average molecular weight is 466 g/mol. The first-order chi connectivity index (χ1) is 16.0. The minimum atomic E-state index is -1.30. The highest BCUT2D eigenvalue weighted by atomic mass is 16.6. The number of aryl methyl sites for hydroxylation is 2. The van der Waals surface area contributed by atoms with Crippen molar-refractivity contribution in [1.82, 2.24) is 10.1 Å². The van der Waals surface area contributed by atoms with Crippen LogP contribution in [0.5, 0.6) is 0 Å². The first-order valence-electron chi connectivity index (χ1n) is 10.7. The number of amides is 1. The number of aromatic nitrogens is 2. The molecular formula is C24H26N4O6. The monoisotopic (exact) mass is 466 g/mol. The summed E-state index contributed by atoms with van der Waals surface area (Å²) in [7, 11) is 0. The highest BCUT2D eigenvalue weighted by Crippen LogP contribution is 2.28. The molecule has 2 aromatic carbocycles. The summed E-state index contributed by atoms with van der Waals surface area (Å²) in [6.45, 7) is 7.53. The molecule has 34 heavy (non-hydrogen) atoms. The van der Waals surface area contributed by atoms with E-state index in [-0.39, 0.29) is 35.5 Å². The molecule has 3 rings (SSSR count). The summed E-state index contributed by atoms with van der Waals surface area (Å²) in [6, 6.07) is 12.9. The van der Waals surface area contributed by atoms with Gasteiger partial charge < -0.3 is 14.6 Å². The number of nitrogens with one attached hydrogen (secondary N) is 1. The first-order valence-corrected chi connectivity index (χ1v) is 10.7. The van der Waals surface area contributed by atoms with E-state index in [0.717, 1.165) is 0 Å².